The molecular weight excluding hydrogens is 827 g/mol. The number of hydrogen-bond acceptors (Lipinski definition) is 3. The zero-order valence-electron chi connectivity index (χ0n) is 36.9. The Hall–Kier alpha value is -9.19. The van der Waals surface area contributed by atoms with Gasteiger partial charge in [-0.25, -0.2) is 15.0 Å². The Morgan fingerprint density at radius 1 is 0.221 bits per heavy atom. The molecule has 0 radical (unpaired) electrons. The molecule has 5 nitrogen and oxygen atoms in total. The number of rotatable bonds is 8. The lowest BCUT2D eigenvalue weighted by molar-refractivity contribution is 0.995. The minimum Gasteiger partial charge on any atom is -0.309 e. The second-order valence-electron chi connectivity index (χ2n) is 17.2. The van der Waals surface area contributed by atoms with Crippen LogP contribution in [0.4, 0.5) is 0 Å². The molecular formula is C63H41N5. The molecule has 0 aliphatic carbocycles. The Kier molecular flexibility index (Phi) is 9.43. The van der Waals surface area contributed by atoms with Gasteiger partial charge in [-0.05, 0) is 89.0 Å². The highest BCUT2D eigenvalue weighted by molar-refractivity contribution is 6.12. The summed E-state index contributed by atoms with van der Waals surface area (Å²) < 4.78 is 4.61. The Labute approximate surface area is 393 Å². The number of fused-ring (bicyclic) bond motifs is 6. The van der Waals surface area contributed by atoms with Crippen LogP contribution >= 0.6 is 0 Å². The highest BCUT2D eigenvalue weighted by atomic mass is 15.2. The molecule has 0 saturated carbocycles. The van der Waals surface area contributed by atoms with Gasteiger partial charge in [0.1, 0.15) is 0 Å². The molecule has 0 aliphatic heterocycles. The van der Waals surface area contributed by atoms with Crippen LogP contribution in [0.25, 0.3) is 123 Å². The van der Waals surface area contributed by atoms with E-state index in [-0.39, 0.29) is 0 Å². The Morgan fingerprint density at radius 2 is 0.632 bits per heavy atom. The molecule has 0 saturated heterocycles. The molecule has 4 heterocycles. The summed E-state index contributed by atoms with van der Waals surface area (Å²) in [4.78, 5) is 16.1. The lowest BCUT2D eigenvalue weighted by Crippen LogP contribution is -2.04. The molecule has 0 amide bonds. The smallest absolute Gasteiger partial charge is 0.235 e. The first-order valence-electron chi connectivity index (χ1n) is 23.0. The van der Waals surface area contributed by atoms with Crippen molar-refractivity contribution < 1.29 is 0 Å². The molecule has 0 atom stereocenters. The zero-order valence-corrected chi connectivity index (χ0v) is 36.9. The average molecular weight is 868 g/mol. The van der Waals surface area contributed by atoms with Gasteiger partial charge in [-0.15, -0.1) is 0 Å². The number of para-hydroxylation sites is 2. The zero-order chi connectivity index (χ0) is 45.0. The second kappa shape index (κ2) is 16.4. The largest absolute Gasteiger partial charge is 0.309 e. The van der Waals surface area contributed by atoms with E-state index in [2.05, 4.69) is 240 Å². The molecule has 0 unspecified atom stereocenters. The molecule has 0 fully saturated rings. The van der Waals surface area contributed by atoms with E-state index in [4.69, 9.17) is 15.0 Å². The van der Waals surface area contributed by atoms with Gasteiger partial charge in [-0.1, -0.05) is 182 Å². The Bertz CT molecular complexity index is 3840. The minimum absolute atomic E-state index is 0.606. The van der Waals surface area contributed by atoms with Crippen molar-refractivity contribution in [3.05, 3.63) is 249 Å². The molecule has 4 aromatic heterocycles. The van der Waals surface area contributed by atoms with Crippen molar-refractivity contribution in [1.29, 1.82) is 0 Å². The van der Waals surface area contributed by atoms with Crippen LogP contribution in [-0.4, -0.2) is 24.1 Å². The predicted octanol–water partition coefficient (Wildman–Crippen LogP) is 16.1. The summed E-state index contributed by atoms with van der Waals surface area (Å²) in [5.41, 5.74) is 17.7. The van der Waals surface area contributed by atoms with E-state index in [1.54, 1.807) is 0 Å². The van der Waals surface area contributed by atoms with Crippen molar-refractivity contribution in [3.63, 3.8) is 0 Å². The van der Waals surface area contributed by atoms with E-state index in [0.717, 1.165) is 94.8 Å². The number of aromatic nitrogens is 5. The normalized spacial score (nSPS) is 11.5. The van der Waals surface area contributed by atoms with Gasteiger partial charge in [0, 0.05) is 49.5 Å². The Balaban J connectivity index is 1.04. The van der Waals surface area contributed by atoms with E-state index in [9.17, 15) is 0 Å². The molecule has 0 bridgehead atoms. The van der Waals surface area contributed by atoms with Crippen molar-refractivity contribution >= 4 is 43.6 Å². The maximum absolute atomic E-state index is 5.35. The summed E-state index contributed by atoms with van der Waals surface area (Å²) >= 11 is 0. The lowest BCUT2D eigenvalue weighted by atomic mass is 9.98. The van der Waals surface area contributed by atoms with Crippen molar-refractivity contribution in [2.75, 3.05) is 0 Å². The average Bonchev–Trinajstić information content (AvgIpc) is 3.94. The SMILES string of the molecule is c1ccc(-c2cc(-c3ccccc3)nc(-c3ccc4c(c3)c3cc(-c5cccc(-n6c7ccccc7c7ccccc76)c5)ccc3n4-c3nc(-c4ccccc4)cc(-c4ccccc4)n3)c2)cc1. The Morgan fingerprint density at radius 3 is 1.19 bits per heavy atom. The fourth-order valence-corrected chi connectivity index (χ4v) is 9.88. The van der Waals surface area contributed by atoms with Crippen LogP contribution in [0.3, 0.4) is 0 Å². The van der Waals surface area contributed by atoms with Crippen molar-refractivity contribution in [2.45, 2.75) is 0 Å². The first-order valence-corrected chi connectivity index (χ1v) is 23.0. The van der Waals surface area contributed by atoms with Gasteiger partial charge in [0.2, 0.25) is 5.95 Å². The van der Waals surface area contributed by atoms with Crippen LogP contribution < -0.4 is 0 Å². The molecule has 9 aromatic carbocycles. The van der Waals surface area contributed by atoms with E-state index in [1.807, 2.05) is 18.2 Å². The fourth-order valence-electron chi connectivity index (χ4n) is 9.88. The third-order valence-corrected chi connectivity index (χ3v) is 13.1. The number of nitrogens with zero attached hydrogens (tertiary/aromatic N) is 5. The van der Waals surface area contributed by atoms with Gasteiger partial charge >= 0.3 is 0 Å². The third kappa shape index (κ3) is 6.84. The van der Waals surface area contributed by atoms with Gasteiger partial charge in [-0.2, -0.15) is 0 Å². The minimum atomic E-state index is 0.606. The molecule has 5 heteroatoms. The molecule has 0 aliphatic rings. The quantitative estimate of drug-likeness (QED) is 0.153. The number of benzene rings is 9. The monoisotopic (exact) mass is 867 g/mol. The third-order valence-electron chi connectivity index (χ3n) is 13.1. The molecule has 68 heavy (non-hydrogen) atoms. The van der Waals surface area contributed by atoms with E-state index in [1.165, 1.54) is 21.8 Å². The second-order valence-corrected chi connectivity index (χ2v) is 17.2. The summed E-state index contributed by atoms with van der Waals surface area (Å²) in [6.07, 6.45) is 0. The summed E-state index contributed by atoms with van der Waals surface area (Å²) in [6, 6.07) is 88.0. The van der Waals surface area contributed by atoms with Crippen LogP contribution in [0.2, 0.25) is 0 Å². The predicted molar refractivity (Wildman–Crippen MR) is 281 cm³/mol. The lowest BCUT2D eigenvalue weighted by Gasteiger charge is -2.12. The van der Waals surface area contributed by atoms with Gasteiger partial charge in [0.15, 0.2) is 0 Å². The topological polar surface area (TPSA) is 48.5 Å². The van der Waals surface area contributed by atoms with Crippen LogP contribution in [-0.2, 0) is 0 Å². The number of hydrogen-bond donors (Lipinski definition) is 0. The van der Waals surface area contributed by atoms with Crippen molar-refractivity contribution in [2.24, 2.45) is 0 Å². The van der Waals surface area contributed by atoms with Gasteiger partial charge in [-0.3, -0.25) is 4.57 Å². The van der Waals surface area contributed by atoms with Crippen LogP contribution in [0.5, 0.6) is 0 Å². The van der Waals surface area contributed by atoms with E-state index >= 15 is 0 Å². The summed E-state index contributed by atoms with van der Waals surface area (Å²) in [5.74, 6) is 0.606. The van der Waals surface area contributed by atoms with Gasteiger partial charge in [0.05, 0.1) is 44.8 Å². The summed E-state index contributed by atoms with van der Waals surface area (Å²) in [7, 11) is 0. The van der Waals surface area contributed by atoms with Crippen molar-refractivity contribution in [3.8, 4) is 78.9 Å². The molecule has 0 spiro atoms. The standard InChI is InChI=1S/C63H41N5/c1-5-18-42(19-6-1)49-39-55(43-20-7-2-8-21-43)64-56(40-49)48-33-35-62-54(38-48)53-37-47(46-26-17-27-50(36-46)67-59-30-15-13-28-51(59)52-29-14-16-31-60(52)67)32-34-61(53)68(62)63-65-57(44-22-9-3-10-23-44)41-58(66-63)45-24-11-4-12-25-45/h1-41H. The van der Waals surface area contributed by atoms with Crippen LogP contribution in [0.15, 0.2) is 249 Å². The molecule has 13 aromatic rings. The van der Waals surface area contributed by atoms with Crippen molar-refractivity contribution in [1.82, 2.24) is 24.1 Å². The fraction of sp³-hybridized carbons (Fsp3) is 0. The van der Waals surface area contributed by atoms with E-state index in [0.29, 0.717) is 5.95 Å². The van der Waals surface area contributed by atoms with Gasteiger partial charge in [0.25, 0.3) is 0 Å². The number of pyridine rings is 1. The maximum atomic E-state index is 5.35. The summed E-state index contributed by atoms with van der Waals surface area (Å²) in [6.45, 7) is 0. The highest BCUT2D eigenvalue weighted by Crippen LogP contribution is 2.40. The molecule has 318 valence electrons. The maximum Gasteiger partial charge on any atom is 0.235 e. The summed E-state index contributed by atoms with van der Waals surface area (Å²) in [5, 5.41) is 4.67. The van der Waals surface area contributed by atoms with E-state index < -0.39 is 0 Å². The highest BCUT2D eigenvalue weighted by Gasteiger charge is 2.20. The molecule has 13 rings (SSSR count). The van der Waals surface area contributed by atoms with Gasteiger partial charge < -0.3 is 4.57 Å². The molecule has 0 N–H and O–H groups in total. The first-order chi connectivity index (χ1) is 33.7. The van der Waals surface area contributed by atoms with Crippen LogP contribution in [0.1, 0.15) is 0 Å². The first kappa shape index (κ1) is 39.2. The van der Waals surface area contributed by atoms with Crippen LogP contribution in [0, 0.1) is 0 Å².